The van der Waals surface area contributed by atoms with Gasteiger partial charge < -0.3 is 31.7 Å². The molecule has 0 aromatic rings. The van der Waals surface area contributed by atoms with Crippen molar-refractivity contribution in [2.24, 2.45) is 23.0 Å². The van der Waals surface area contributed by atoms with Crippen molar-refractivity contribution in [3.63, 3.8) is 0 Å². The van der Waals surface area contributed by atoms with E-state index in [1.165, 1.54) is 6.42 Å². The molecule has 8 atom stereocenters. The molecule has 0 spiro atoms. The predicted molar refractivity (Wildman–Crippen MR) is 162 cm³/mol. The Kier molecular flexibility index (Phi) is 11.0. The zero-order chi connectivity index (χ0) is 30.7. The van der Waals surface area contributed by atoms with E-state index in [1.54, 1.807) is 4.90 Å². The first-order valence-electron chi connectivity index (χ1n) is 16.8. The molecule has 43 heavy (non-hydrogen) atoms. The molecule has 246 valence electrons. The Labute approximate surface area is 255 Å². The molecular weight excluding hydrogens is 556 g/mol. The maximum absolute atomic E-state index is 15.5. The second-order valence-corrected chi connectivity index (χ2v) is 14.3. The van der Waals surface area contributed by atoms with Gasteiger partial charge in [-0.05, 0) is 64.0 Å². The van der Waals surface area contributed by atoms with Crippen LogP contribution in [0, 0.1) is 17.3 Å². The molecule has 4 heterocycles. The summed E-state index contributed by atoms with van der Waals surface area (Å²) in [5.41, 5.74) is 6.81. The molecule has 7 N–H and O–H groups in total. The standard InChI is InChI=1S/C31H55F2N7O3/c1-19-26(28(34)38-25(7-6-21(32)14-36-19)31(2)10-4-3-5-11-31)29(42)37-24-16-35-15-23(33)27(24)39-12-8-20(9-13-39)30(43)40-17-22(41)18-40/h19-28,35-36,38,41H,3-18,34H2,1-2H3,(H,37,42). The third kappa shape index (κ3) is 7.69. The Hall–Kier alpha value is -1.44. The summed E-state index contributed by atoms with van der Waals surface area (Å²) in [6, 6.07) is -1.34. The van der Waals surface area contributed by atoms with Crippen LogP contribution in [0.15, 0.2) is 0 Å². The Morgan fingerprint density at radius 1 is 1.00 bits per heavy atom. The second kappa shape index (κ2) is 14.3. The minimum atomic E-state index is -1.17. The summed E-state index contributed by atoms with van der Waals surface area (Å²) in [5, 5.41) is 22.7. The number of aliphatic hydroxyl groups excluding tert-OH is 1. The number of β-amino-alcohol motifs (C(OH)–C–C–N with tert-alkyl or cyclic N) is 1. The van der Waals surface area contributed by atoms with Crippen molar-refractivity contribution in [2.45, 2.75) is 120 Å². The van der Waals surface area contributed by atoms with Crippen LogP contribution in [0.4, 0.5) is 8.78 Å². The fourth-order valence-electron chi connectivity index (χ4n) is 8.38. The minimum absolute atomic E-state index is 0.00920. The molecule has 0 radical (unpaired) electrons. The molecule has 0 aromatic heterocycles. The molecule has 12 heteroatoms. The normalized spacial score (nSPS) is 39.1. The van der Waals surface area contributed by atoms with Gasteiger partial charge in [-0.2, -0.15) is 0 Å². The summed E-state index contributed by atoms with van der Waals surface area (Å²) in [5.74, 6) is -0.965. The number of amides is 2. The van der Waals surface area contributed by atoms with Gasteiger partial charge in [0.2, 0.25) is 11.8 Å². The number of carbonyl (C=O) groups is 2. The summed E-state index contributed by atoms with van der Waals surface area (Å²) in [7, 11) is 0. The van der Waals surface area contributed by atoms with Crippen LogP contribution in [0.3, 0.4) is 0 Å². The molecule has 5 rings (SSSR count). The van der Waals surface area contributed by atoms with Crippen LogP contribution >= 0.6 is 0 Å². The first kappa shape index (κ1) is 32.9. The number of hydrogen-bond acceptors (Lipinski definition) is 8. The van der Waals surface area contributed by atoms with Crippen molar-refractivity contribution < 1.29 is 23.5 Å². The van der Waals surface area contributed by atoms with E-state index in [0.717, 1.165) is 25.7 Å². The van der Waals surface area contributed by atoms with E-state index in [1.807, 2.05) is 6.92 Å². The average Bonchev–Trinajstić information content (AvgIpc) is 2.96. The number of likely N-dealkylation sites (tertiary alicyclic amines) is 2. The number of rotatable bonds is 5. The van der Waals surface area contributed by atoms with E-state index in [2.05, 4.69) is 33.1 Å². The highest BCUT2D eigenvalue weighted by atomic mass is 19.1. The fourth-order valence-corrected chi connectivity index (χ4v) is 8.38. The number of nitrogens with one attached hydrogen (secondary N) is 4. The monoisotopic (exact) mass is 611 g/mol. The molecule has 5 aliphatic rings. The van der Waals surface area contributed by atoms with E-state index in [-0.39, 0.29) is 48.3 Å². The number of piperidine rings is 2. The van der Waals surface area contributed by atoms with Crippen molar-refractivity contribution >= 4 is 11.8 Å². The van der Waals surface area contributed by atoms with Gasteiger partial charge in [-0.1, -0.05) is 26.2 Å². The minimum Gasteiger partial charge on any atom is -0.389 e. The summed E-state index contributed by atoms with van der Waals surface area (Å²) < 4.78 is 30.5. The SMILES string of the molecule is CC1NCC(F)CCC(C2(C)CCCCC2)NC(N)C1C(=O)NC1CNCC(F)C1N1CCC(C(=O)N2CC(O)C2)CC1. The second-order valence-electron chi connectivity index (χ2n) is 14.3. The lowest BCUT2D eigenvalue weighted by Gasteiger charge is -2.47. The van der Waals surface area contributed by atoms with Gasteiger partial charge in [-0.3, -0.25) is 19.8 Å². The van der Waals surface area contributed by atoms with E-state index >= 15 is 4.39 Å². The predicted octanol–water partition coefficient (Wildman–Crippen LogP) is 0.636. The van der Waals surface area contributed by atoms with Gasteiger partial charge in [0.25, 0.3) is 0 Å². The lowest BCUT2D eigenvalue weighted by Crippen LogP contribution is -2.68. The lowest BCUT2D eigenvalue weighted by molar-refractivity contribution is -0.147. The largest absolute Gasteiger partial charge is 0.389 e. The molecule has 8 unspecified atom stereocenters. The molecule has 4 saturated heterocycles. The van der Waals surface area contributed by atoms with Crippen LogP contribution in [0.1, 0.15) is 71.6 Å². The van der Waals surface area contributed by atoms with E-state index in [0.29, 0.717) is 58.4 Å². The molecule has 0 aromatic carbocycles. The van der Waals surface area contributed by atoms with Gasteiger partial charge in [0.1, 0.15) is 12.3 Å². The smallest absolute Gasteiger partial charge is 0.227 e. The number of halogens is 2. The van der Waals surface area contributed by atoms with Crippen molar-refractivity contribution in [1.82, 2.24) is 31.1 Å². The lowest BCUT2D eigenvalue weighted by atomic mass is 9.69. The third-order valence-electron chi connectivity index (χ3n) is 11.2. The van der Waals surface area contributed by atoms with Gasteiger partial charge in [-0.25, -0.2) is 8.78 Å². The Morgan fingerprint density at radius 3 is 2.37 bits per heavy atom. The molecule has 0 bridgehead atoms. The van der Waals surface area contributed by atoms with E-state index in [4.69, 9.17) is 5.73 Å². The molecule has 1 saturated carbocycles. The number of alkyl halides is 2. The number of carbonyl (C=O) groups excluding carboxylic acids is 2. The Bertz CT molecular complexity index is 942. The highest BCUT2D eigenvalue weighted by Gasteiger charge is 2.45. The molecule has 10 nitrogen and oxygen atoms in total. The molecular formula is C31H55F2N7O3. The summed E-state index contributed by atoms with van der Waals surface area (Å²) in [6.45, 7) is 6.91. The third-order valence-corrected chi connectivity index (χ3v) is 11.2. The maximum atomic E-state index is 15.5. The van der Waals surface area contributed by atoms with E-state index < -0.39 is 42.6 Å². The first-order chi connectivity index (χ1) is 20.6. The van der Waals surface area contributed by atoms with Gasteiger partial charge in [0.15, 0.2) is 0 Å². The van der Waals surface area contributed by atoms with Gasteiger partial charge in [-0.15, -0.1) is 0 Å². The van der Waals surface area contributed by atoms with Crippen molar-refractivity contribution in [1.29, 1.82) is 0 Å². The molecule has 1 aliphatic carbocycles. The van der Waals surface area contributed by atoms with Crippen LogP contribution in [-0.4, -0.2) is 121 Å². The average molecular weight is 612 g/mol. The van der Waals surface area contributed by atoms with Crippen molar-refractivity contribution in [3.05, 3.63) is 0 Å². The number of nitrogens with two attached hydrogens (primary N) is 1. The van der Waals surface area contributed by atoms with Crippen LogP contribution in [0.25, 0.3) is 0 Å². The number of aliphatic hydroxyl groups is 1. The van der Waals surface area contributed by atoms with Crippen LogP contribution in [0.5, 0.6) is 0 Å². The zero-order valence-corrected chi connectivity index (χ0v) is 26.1. The van der Waals surface area contributed by atoms with Crippen molar-refractivity contribution in [3.8, 4) is 0 Å². The summed E-state index contributed by atoms with van der Waals surface area (Å²) >= 11 is 0. The molecule has 2 amide bonds. The van der Waals surface area contributed by atoms with Crippen LogP contribution in [0.2, 0.25) is 0 Å². The number of hydrogen-bond donors (Lipinski definition) is 6. The molecule has 4 aliphatic heterocycles. The number of nitrogens with zero attached hydrogens (tertiary/aromatic N) is 2. The summed E-state index contributed by atoms with van der Waals surface area (Å²) in [4.78, 5) is 30.6. The fraction of sp³-hybridized carbons (Fsp3) is 0.935. The van der Waals surface area contributed by atoms with E-state index in [9.17, 15) is 19.1 Å². The van der Waals surface area contributed by atoms with Gasteiger partial charge in [0, 0.05) is 50.7 Å². The maximum Gasteiger partial charge on any atom is 0.227 e. The van der Waals surface area contributed by atoms with Crippen LogP contribution < -0.4 is 27.0 Å². The Morgan fingerprint density at radius 2 is 1.70 bits per heavy atom. The topological polar surface area (TPSA) is 135 Å². The highest BCUT2D eigenvalue weighted by molar-refractivity contribution is 5.81. The molecule has 5 fully saturated rings. The zero-order valence-electron chi connectivity index (χ0n) is 26.1. The Balaban J connectivity index is 1.25. The first-order valence-corrected chi connectivity index (χ1v) is 16.8. The van der Waals surface area contributed by atoms with Gasteiger partial charge in [0.05, 0.1) is 30.3 Å². The quantitative estimate of drug-likeness (QED) is 0.267. The van der Waals surface area contributed by atoms with Gasteiger partial charge >= 0.3 is 0 Å². The summed E-state index contributed by atoms with van der Waals surface area (Å²) in [6.07, 6.45) is 4.79. The van der Waals surface area contributed by atoms with Crippen LogP contribution in [-0.2, 0) is 9.59 Å². The highest BCUT2D eigenvalue weighted by Crippen LogP contribution is 2.41. The van der Waals surface area contributed by atoms with Crippen molar-refractivity contribution in [2.75, 3.05) is 45.8 Å².